The molecule has 0 atom stereocenters. The third kappa shape index (κ3) is 6.16. The van der Waals surface area contributed by atoms with E-state index in [1.54, 1.807) is 30.3 Å². The number of ether oxygens (including phenoxy) is 2. The molecule has 0 spiro atoms. The zero-order valence-electron chi connectivity index (χ0n) is 18.9. The van der Waals surface area contributed by atoms with E-state index in [1.807, 2.05) is 19.1 Å². The van der Waals surface area contributed by atoms with E-state index in [4.69, 9.17) is 44.3 Å². The molecule has 0 aliphatic carbocycles. The normalized spacial score (nSPS) is 14.6. The van der Waals surface area contributed by atoms with Crippen molar-refractivity contribution >= 4 is 63.8 Å². The summed E-state index contributed by atoms with van der Waals surface area (Å²) in [4.78, 5) is 26.8. The van der Waals surface area contributed by atoms with Crippen LogP contribution in [0.15, 0.2) is 59.5 Å². The van der Waals surface area contributed by atoms with Crippen LogP contribution in [-0.2, 0) is 17.9 Å². The Bertz CT molecular complexity index is 1350. The number of rotatable bonds is 8. The van der Waals surface area contributed by atoms with Crippen molar-refractivity contribution in [3.8, 4) is 11.5 Å². The van der Waals surface area contributed by atoms with Crippen LogP contribution in [0.1, 0.15) is 23.6 Å². The molecule has 0 radical (unpaired) electrons. The van der Waals surface area contributed by atoms with E-state index in [0.29, 0.717) is 39.3 Å². The number of halogens is 4. The molecule has 36 heavy (non-hydrogen) atoms. The molecule has 0 bridgehead atoms. The van der Waals surface area contributed by atoms with Crippen LogP contribution in [0.5, 0.6) is 11.5 Å². The van der Waals surface area contributed by atoms with Crippen LogP contribution in [0.3, 0.4) is 0 Å². The lowest BCUT2D eigenvalue weighted by molar-refractivity contribution is -0.123. The lowest BCUT2D eigenvalue weighted by Gasteiger charge is -2.15. The maximum Gasteiger partial charge on any atom is 0.293 e. The number of benzene rings is 3. The Morgan fingerprint density at radius 3 is 2.42 bits per heavy atom. The number of thioether (sulfide) groups is 1. The molecule has 0 saturated carbocycles. The zero-order valence-corrected chi connectivity index (χ0v) is 22.0. The standard InChI is InChI=1S/C26H19Cl3FNO4S/c1-2-34-22-10-16(9-21(29)24(22)35-14-15-3-6-18(27)7-4-15)11-23-25(32)31(26(33)36-23)13-17-5-8-19(30)12-20(17)28/h3-12H,2,13-14H2,1H3/b23-11+. The summed E-state index contributed by atoms with van der Waals surface area (Å²) in [5, 5.41) is 0.603. The van der Waals surface area contributed by atoms with Crippen molar-refractivity contribution in [3.05, 3.63) is 97.1 Å². The van der Waals surface area contributed by atoms with Crippen LogP contribution in [0.4, 0.5) is 9.18 Å². The fourth-order valence-electron chi connectivity index (χ4n) is 3.42. The second-order valence-electron chi connectivity index (χ2n) is 7.68. The molecule has 2 amide bonds. The van der Waals surface area contributed by atoms with Crippen LogP contribution in [0.25, 0.3) is 6.08 Å². The molecule has 1 aliphatic heterocycles. The third-order valence-corrected chi connectivity index (χ3v) is 6.94. The summed E-state index contributed by atoms with van der Waals surface area (Å²) < 4.78 is 25.0. The van der Waals surface area contributed by atoms with Gasteiger partial charge in [0.1, 0.15) is 12.4 Å². The molecule has 0 unspecified atom stereocenters. The average Bonchev–Trinajstić information content (AvgIpc) is 3.08. The topological polar surface area (TPSA) is 55.8 Å². The number of amides is 2. The second-order valence-corrected chi connectivity index (χ2v) is 9.93. The summed E-state index contributed by atoms with van der Waals surface area (Å²) in [6.45, 7) is 2.38. The molecule has 3 aromatic rings. The van der Waals surface area contributed by atoms with E-state index in [2.05, 4.69) is 0 Å². The van der Waals surface area contributed by atoms with Crippen molar-refractivity contribution in [3.63, 3.8) is 0 Å². The third-order valence-electron chi connectivity index (χ3n) is 5.14. The maximum atomic E-state index is 13.3. The fourth-order valence-corrected chi connectivity index (χ4v) is 4.88. The Balaban J connectivity index is 1.55. The maximum absolute atomic E-state index is 13.3. The quantitative estimate of drug-likeness (QED) is 0.259. The molecule has 1 heterocycles. The number of imide groups is 1. The smallest absolute Gasteiger partial charge is 0.293 e. The molecule has 3 aromatic carbocycles. The summed E-state index contributed by atoms with van der Waals surface area (Å²) in [5.41, 5.74) is 1.93. The Morgan fingerprint density at radius 2 is 1.72 bits per heavy atom. The number of hydrogen-bond donors (Lipinski definition) is 0. The number of nitrogens with zero attached hydrogens (tertiary/aromatic N) is 1. The molecule has 0 aromatic heterocycles. The highest BCUT2D eigenvalue weighted by Crippen LogP contribution is 2.40. The van der Waals surface area contributed by atoms with Crippen LogP contribution in [0.2, 0.25) is 15.1 Å². The van der Waals surface area contributed by atoms with Crippen molar-refractivity contribution in [1.82, 2.24) is 4.90 Å². The van der Waals surface area contributed by atoms with Gasteiger partial charge in [-0.2, -0.15) is 0 Å². The molecular weight excluding hydrogens is 548 g/mol. The summed E-state index contributed by atoms with van der Waals surface area (Å²) in [7, 11) is 0. The zero-order chi connectivity index (χ0) is 25.8. The van der Waals surface area contributed by atoms with Crippen LogP contribution in [-0.4, -0.2) is 22.7 Å². The highest BCUT2D eigenvalue weighted by atomic mass is 35.5. The van der Waals surface area contributed by atoms with Gasteiger partial charge in [-0.15, -0.1) is 0 Å². The second kappa shape index (κ2) is 11.6. The Labute approximate surface area is 226 Å². The van der Waals surface area contributed by atoms with Gasteiger partial charge in [-0.3, -0.25) is 14.5 Å². The van der Waals surface area contributed by atoms with Gasteiger partial charge in [0.25, 0.3) is 11.1 Å². The molecule has 1 aliphatic rings. The molecule has 4 rings (SSSR count). The summed E-state index contributed by atoms with van der Waals surface area (Å²) >= 11 is 19.3. The van der Waals surface area contributed by atoms with E-state index < -0.39 is 17.0 Å². The first-order valence-corrected chi connectivity index (χ1v) is 12.7. The lowest BCUT2D eigenvalue weighted by atomic mass is 10.1. The van der Waals surface area contributed by atoms with Gasteiger partial charge in [0.15, 0.2) is 11.5 Å². The first-order valence-electron chi connectivity index (χ1n) is 10.8. The van der Waals surface area contributed by atoms with E-state index in [1.165, 1.54) is 12.1 Å². The minimum absolute atomic E-state index is 0.0659. The molecular formula is C26H19Cl3FNO4S. The Hall–Kier alpha value is -2.71. The largest absolute Gasteiger partial charge is 0.490 e. The molecule has 1 fully saturated rings. The van der Waals surface area contributed by atoms with Crippen molar-refractivity contribution in [2.75, 3.05) is 6.61 Å². The van der Waals surface area contributed by atoms with E-state index in [0.717, 1.165) is 28.3 Å². The van der Waals surface area contributed by atoms with Crippen LogP contribution < -0.4 is 9.47 Å². The van der Waals surface area contributed by atoms with E-state index >= 15 is 0 Å². The van der Waals surface area contributed by atoms with Gasteiger partial charge in [0.05, 0.1) is 23.1 Å². The summed E-state index contributed by atoms with van der Waals surface area (Å²) in [5.74, 6) is -0.213. The molecule has 1 saturated heterocycles. The van der Waals surface area contributed by atoms with Gasteiger partial charge in [-0.25, -0.2) is 4.39 Å². The number of carbonyl (C=O) groups excluding carboxylic acids is 2. The predicted octanol–water partition coefficient (Wildman–Crippen LogP) is 8.00. The van der Waals surface area contributed by atoms with Crippen molar-refractivity contribution < 1.29 is 23.5 Å². The summed E-state index contributed by atoms with van der Waals surface area (Å²) in [6, 6.07) is 14.4. The lowest BCUT2D eigenvalue weighted by Crippen LogP contribution is -2.27. The first kappa shape index (κ1) is 26.4. The van der Waals surface area contributed by atoms with Crippen LogP contribution in [0, 0.1) is 5.82 Å². The average molecular weight is 567 g/mol. The van der Waals surface area contributed by atoms with E-state index in [-0.39, 0.29) is 23.1 Å². The van der Waals surface area contributed by atoms with Crippen LogP contribution >= 0.6 is 46.6 Å². The number of hydrogen-bond acceptors (Lipinski definition) is 5. The van der Waals surface area contributed by atoms with E-state index in [9.17, 15) is 14.0 Å². The number of carbonyl (C=O) groups is 2. The van der Waals surface area contributed by atoms with Gasteiger partial charge in [-0.1, -0.05) is 53.0 Å². The van der Waals surface area contributed by atoms with Gasteiger partial charge < -0.3 is 9.47 Å². The summed E-state index contributed by atoms with van der Waals surface area (Å²) in [6.07, 6.45) is 1.56. The van der Waals surface area contributed by atoms with Gasteiger partial charge in [-0.05, 0) is 77.9 Å². The SMILES string of the molecule is CCOc1cc(/C=C2/SC(=O)N(Cc3ccc(F)cc3Cl)C2=O)cc(Cl)c1OCc1ccc(Cl)cc1. The van der Waals surface area contributed by atoms with Crippen molar-refractivity contribution in [1.29, 1.82) is 0 Å². The molecule has 0 N–H and O–H groups in total. The minimum atomic E-state index is -0.500. The molecule has 186 valence electrons. The highest BCUT2D eigenvalue weighted by Gasteiger charge is 2.35. The highest BCUT2D eigenvalue weighted by molar-refractivity contribution is 8.18. The monoisotopic (exact) mass is 565 g/mol. The molecule has 10 heteroatoms. The van der Waals surface area contributed by atoms with Crippen molar-refractivity contribution in [2.45, 2.75) is 20.1 Å². The van der Waals surface area contributed by atoms with Gasteiger partial charge in [0.2, 0.25) is 0 Å². The Morgan fingerprint density at radius 1 is 0.972 bits per heavy atom. The predicted molar refractivity (Wildman–Crippen MR) is 141 cm³/mol. The van der Waals surface area contributed by atoms with Gasteiger partial charge >= 0.3 is 0 Å². The molecule has 5 nitrogen and oxygen atoms in total. The minimum Gasteiger partial charge on any atom is -0.490 e. The van der Waals surface area contributed by atoms with Crippen molar-refractivity contribution in [2.24, 2.45) is 0 Å². The van der Waals surface area contributed by atoms with Gasteiger partial charge in [0, 0.05) is 10.0 Å². The fraction of sp³-hybridized carbons (Fsp3) is 0.154. The first-order chi connectivity index (χ1) is 17.2. The Kier molecular flexibility index (Phi) is 8.46.